The van der Waals surface area contributed by atoms with Crippen molar-refractivity contribution in [1.29, 1.82) is 0 Å². The quantitative estimate of drug-likeness (QED) is 0.195. The SMILES string of the molecule is CCCCc1nc2ccc(Br)cc2c(=O)n1N=Cc1cc(OC)c(O[C@H](C)CC)c([N+](=O)[O-])c1. The van der Waals surface area contributed by atoms with Crippen molar-refractivity contribution in [3.8, 4) is 11.5 Å². The van der Waals surface area contributed by atoms with Gasteiger partial charge in [0, 0.05) is 22.5 Å². The number of aryl methyl sites for hydroxylation is 1. The molecule has 0 aliphatic carbocycles. The van der Waals surface area contributed by atoms with Crippen LogP contribution in [0.2, 0.25) is 0 Å². The molecule has 1 heterocycles. The van der Waals surface area contributed by atoms with Gasteiger partial charge in [-0.25, -0.2) is 4.98 Å². The van der Waals surface area contributed by atoms with Gasteiger partial charge in [0.25, 0.3) is 5.56 Å². The molecule has 0 aliphatic heterocycles. The molecule has 0 N–H and O–H groups in total. The minimum atomic E-state index is -0.522. The van der Waals surface area contributed by atoms with E-state index in [9.17, 15) is 14.9 Å². The molecule has 10 heteroatoms. The molecule has 0 amide bonds. The van der Waals surface area contributed by atoms with E-state index >= 15 is 0 Å². The van der Waals surface area contributed by atoms with Gasteiger partial charge in [-0.15, -0.1) is 0 Å². The molecular weight excluding hydrogens is 504 g/mol. The number of ether oxygens (including phenoxy) is 2. The number of fused-ring (bicyclic) bond motifs is 1. The Morgan fingerprint density at radius 3 is 2.71 bits per heavy atom. The van der Waals surface area contributed by atoms with E-state index in [1.165, 1.54) is 24.1 Å². The highest BCUT2D eigenvalue weighted by atomic mass is 79.9. The fourth-order valence-corrected chi connectivity index (χ4v) is 3.67. The first-order valence-corrected chi connectivity index (χ1v) is 11.9. The summed E-state index contributed by atoms with van der Waals surface area (Å²) in [5.74, 6) is 0.809. The van der Waals surface area contributed by atoms with E-state index < -0.39 is 4.92 Å². The number of nitrogens with zero attached hydrogens (tertiary/aromatic N) is 4. The zero-order valence-electron chi connectivity index (χ0n) is 19.6. The summed E-state index contributed by atoms with van der Waals surface area (Å²) < 4.78 is 13.1. The van der Waals surface area contributed by atoms with Crippen LogP contribution in [-0.4, -0.2) is 34.0 Å². The van der Waals surface area contributed by atoms with Gasteiger partial charge >= 0.3 is 5.69 Å². The Bertz CT molecular complexity index is 1290. The summed E-state index contributed by atoms with van der Waals surface area (Å²) in [6.45, 7) is 5.81. The monoisotopic (exact) mass is 530 g/mol. The number of methoxy groups -OCH3 is 1. The molecule has 0 fully saturated rings. The van der Waals surface area contributed by atoms with Crippen molar-refractivity contribution in [1.82, 2.24) is 9.66 Å². The predicted molar refractivity (Wildman–Crippen MR) is 135 cm³/mol. The topological polar surface area (TPSA) is 109 Å². The molecule has 0 saturated heterocycles. The Balaban J connectivity index is 2.13. The van der Waals surface area contributed by atoms with Crippen molar-refractivity contribution in [3.05, 3.63) is 66.7 Å². The van der Waals surface area contributed by atoms with Crippen LogP contribution < -0.4 is 15.0 Å². The van der Waals surface area contributed by atoms with Gasteiger partial charge in [0.1, 0.15) is 5.82 Å². The minimum absolute atomic E-state index is 0.0667. The van der Waals surface area contributed by atoms with Gasteiger partial charge in [-0.05, 0) is 44.0 Å². The molecule has 3 rings (SSSR count). The summed E-state index contributed by atoms with van der Waals surface area (Å²) in [6, 6.07) is 8.27. The highest BCUT2D eigenvalue weighted by Crippen LogP contribution is 2.39. The van der Waals surface area contributed by atoms with Crippen LogP contribution in [-0.2, 0) is 6.42 Å². The zero-order valence-corrected chi connectivity index (χ0v) is 21.2. The number of rotatable bonds is 10. The van der Waals surface area contributed by atoms with E-state index in [0.717, 1.165) is 17.3 Å². The first kappa shape index (κ1) is 25.4. The second-order valence-electron chi connectivity index (χ2n) is 7.82. The van der Waals surface area contributed by atoms with Crippen LogP contribution in [0.3, 0.4) is 0 Å². The standard InChI is InChI=1S/C24H27BrN4O5/c1-5-7-8-22-27-19-10-9-17(25)13-18(19)24(30)28(22)26-14-16-11-20(29(31)32)23(21(12-16)33-4)34-15(3)6-2/h9-15H,5-8H2,1-4H3/t15-/m1/s1. The molecule has 0 saturated carbocycles. The van der Waals surface area contributed by atoms with Crippen LogP contribution >= 0.6 is 15.9 Å². The Morgan fingerprint density at radius 2 is 2.06 bits per heavy atom. The molecule has 3 aromatic rings. The first-order valence-electron chi connectivity index (χ1n) is 11.1. The summed E-state index contributed by atoms with van der Waals surface area (Å²) in [6.07, 6.45) is 4.18. The smallest absolute Gasteiger partial charge is 0.315 e. The molecule has 2 aromatic carbocycles. The molecule has 1 atom stereocenters. The number of hydrogen-bond acceptors (Lipinski definition) is 7. The van der Waals surface area contributed by atoms with E-state index in [-0.39, 0.29) is 28.8 Å². The van der Waals surface area contributed by atoms with Crippen molar-refractivity contribution in [2.45, 2.75) is 52.6 Å². The van der Waals surface area contributed by atoms with Crippen LogP contribution in [0.4, 0.5) is 5.69 Å². The summed E-state index contributed by atoms with van der Waals surface area (Å²) >= 11 is 3.39. The number of unbranched alkanes of at least 4 members (excludes halogenated alkanes) is 1. The predicted octanol–water partition coefficient (Wildman–Crippen LogP) is 5.48. The maximum Gasteiger partial charge on any atom is 0.315 e. The molecule has 0 radical (unpaired) electrons. The van der Waals surface area contributed by atoms with Gasteiger partial charge in [-0.2, -0.15) is 9.78 Å². The lowest BCUT2D eigenvalue weighted by Gasteiger charge is -2.16. The highest BCUT2D eigenvalue weighted by Gasteiger charge is 2.23. The maximum absolute atomic E-state index is 13.2. The third kappa shape index (κ3) is 5.61. The number of hydrogen-bond donors (Lipinski definition) is 0. The second kappa shape index (κ2) is 11.2. The summed E-state index contributed by atoms with van der Waals surface area (Å²) in [4.78, 5) is 29.1. The lowest BCUT2D eigenvalue weighted by molar-refractivity contribution is -0.386. The van der Waals surface area contributed by atoms with E-state index in [1.807, 2.05) is 19.9 Å². The molecule has 0 bridgehead atoms. The van der Waals surface area contributed by atoms with Crippen molar-refractivity contribution < 1.29 is 14.4 Å². The van der Waals surface area contributed by atoms with Crippen LogP contribution in [0.5, 0.6) is 11.5 Å². The Morgan fingerprint density at radius 1 is 1.29 bits per heavy atom. The molecule has 9 nitrogen and oxygen atoms in total. The molecular formula is C24H27BrN4O5. The van der Waals surface area contributed by atoms with E-state index in [0.29, 0.717) is 35.1 Å². The minimum Gasteiger partial charge on any atom is -0.493 e. The highest BCUT2D eigenvalue weighted by molar-refractivity contribution is 9.10. The summed E-state index contributed by atoms with van der Waals surface area (Å²) in [5.41, 5.74) is 0.435. The fraction of sp³-hybridized carbons (Fsp3) is 0.375. The lowest BCUT2D eigenvalue weighted by Crippen LogP contribution is -2.22. The number of nitro groups is 1. The zero-order chi connectivity index (χ0) is 24.8. The van der Waals surface area contributed by atoms with Crippen molar-refractivity contribution in [3.63, 3.8) is 0 Å². The summed E-state index contributed by atoms with van der Waals surface area (Å²) in [7, 11) is 1.42. The Hall–Kier alpha value is -3.27. The molecule has 0 unspecified atom stereocenters. The van der Waals surface area contributed by atoms with Gasteiger partial charge in [0.15, 0.2) is 5.75 Å². The third-order valence-electron chi connectivity index (χ3n) is 5.32. The Kier molecular flexibility index (Phi) is 8.38. The van der Waals surface area contributed by atoms with Crippen LogP contribution in [0.15, 0.2) is 44.7 Å². The van der Waals surface area contributed by atoms with Crippen molar-refractivity contribution in [2.24, 2.45) is 5.10 Å². The van der Waals surface area contributed by atoms with Crippen LogP contribution in [0, 0.1) is 10.1 Å². The molecule has 0 spiro atoms. The van der Waals surface area contributed by atoms with Gasteiger partial charge in [-0.1, -0.05) is 36.2 Å². The molecule has 180 valence electrons. The Labute approximate surface area is 205 Å². The second-order valence-corrected chi connectivity index (χ2v) is 8.74. The lowest BCUT2D eigenvalue weighted by atomic mass is 10.1. The fourth-order valence-electron chi connectivity index (χ4n) is 3.31. The summed E-state index contributed by atoms with van der Waals surface area (Å²) in [5, 5.41) is 16.5. The van der Waals surface area contributed by atoms with Crippen LogP contribution in [0.25, 0.3) is 10.9 Å². The van der Waals surface area contributed by atoms with Gasteiger partial charge in [-0.3, -0.25) is 14.9 Å². The van der Waals surface area contributed by atoms with E-state index in [1.54, 1.807) is 18.2 Å². The molecule has 34 heavy (non-hydrogen) atoms. The molecule has 1 aromatic heterocycles. The third-order valence-corrected chi connectivity index (χ3v) is 5.81. The average Bonchev–Trinajstić information content (AvgIpc) is 2.82. The number of halogens is 1. The van der Waals surface area contributed by atoms with Crippen molar-refractivity contribution >= 4 is 38.7 Å². The van der Waals surface area contributed by atoms with Crippen molar-refractivity contribution in [2.75, 3.05) is 7.11 Å². The number of nitro benzene ring substituents is 1. The van der Waals surface area contributed by atoms with Gasteiger partial charge in [0.2, 0.25) is 5.75 Å². The van der Waals surface area contributed by atoms with Crippen LogP contribution in [0.1, 0.15) is 51.4 Å². The largest absolute Gasteiger partial charge is 0.493 e. The van der Waals surface area contributed by atoms with E-state index in [4.69, 9.17) is 9.47 Å². The number of aromatic nitrogens is 2. The molecule has 0 aliphatic rings. The van der Waals surface area contributed by atoms with E-state index in [2.05, 4.69) is 32.9 Å². The first-order chi connectivity index (χ1) is 16.3. The average molecular weight is 531 g/mol. The number of benzene rings is 2. The van der Waals surface area contributed by atoms with Gasteiger partial charge < -0.3 is 9.47 Å². The normalized spacial score (nSPS) is 12.3. The van der Waals surface area contributed by atoms with Gasteiger partial charge in [0.05, 0.1) is 35.3 Å². The maximum atomic E-state index is 13.2.